The third kappa shape index (κ3) is 3.59. The van der Waals surface area contributed by atoms with Crippen LogP contribution in [0, 0.1) is 17.4 Å². The topological polar surface area (TPSA) is 47.3 Å². The molecule has 0 aliphatic heterocycles. The van der Waals surface area contributed by atoms with Crippen molar-refractivity contribution in [3.63, 3.8) is 0 Å². The number of benzene rings is 2. The maximum absolute atomic E-state index is 5.86. The molecule has 0 aromatic heterocycles. The maximum atomic E-state index is 5.86. The summed E-state index contributed by atoms with van der Waals surface area (Å²) in [6.45, 7) is 4.15. The molecule has 0 saturated carbocycles. The van der Waals surface area contributed by atoms with Crippen LogP contribution in [0.5, 0.6) is 5.75 Å². The molecular weight excluding hydrogens is 443 g/mol. The average molecular weight is 461 g/mol. The van der Waals surface area contributed by atoms with E-state index in [1.807, 2.05) is 12.1 Å². The number of halogens is 2. The molecule has 2 aromatic carbocycles. The zero-order valence-electron chi connectivity index (χ0n) is 12.2. The van der Waals surface area contributed by atoms with Crippen molar-refractivity contribution in [1.29, 1.82) is 0 Å². The van der Waals surface area contributed by atoms with E-state index < -0.39 is 0 Å². The van der Waals surface area contributed by atoms with E-state index in [1.54, 1.807) is 7.11 Å². The van der Waals surface area contributed by atoms with Crippen LogP contribution in [0.2, 0.25) is 0 Å². The molecule has 0 aliphatic carbocycles. The van der Waals surface area contributed by atoms with Gasteiger partial charge >= 0.3 is 0 Å². The van der Waals surface area contributed by atoms with Gasteiger partial charge in [0.15, 0.2) is 0 Å². The van der Waals surface area contributed by atoms with Gasteiger partial charge in [-0.25, -0.2) is 5.43 Å². The Morgan fingerprint density at radius 2 is 1.95 bits per heavy atom. The molecule has 112 valence electrons. The Morgan fingerprint density at radius 3 is 2.57 bits per heavy atom. The zero-order chi connectivity index (χ0) is 15.6. The predicted molar refractivity (Wildman–Crippen MR) is 98.5 cm³/mol. The van der Waals surface area contributed by atoms with Crippen molar-refractivity contribution in [2.24, 2.45) is 5.84 Å². The molecule has 1 atom stereocenters. The van der Waals surface area contributed by atoms with Gasteiger partial charge in [0.1, 0.15) is 5.75 Å². The van der Waals surface area contributed by atoms with Crippen molar-refractivity contribution in [1.82, 2.24) is 5.43 Å². The lowest BCUT2D eigenvalue weighted by atomic mass is 9.93. The fraction of sp³-hybridized carbons (Fsp3) is 0.250. The lowest BCUT2D eigenvalue weighted by Crippen LogP contribution is -2.30. The largest absolute Gasteiger partial charge is 0.496 e. The van der Waals surface area contributed by atoms with E-state index in [0.29, 0.717) is 0 Å². The first-order valence-corrected chi connectivity index (χ1v) is 8.41. The van der Waals surface area contributed by atoms with Crippen LogP contribution in [0.4, 0.5) is 0 Å². The van der Waals surface area contributed by atoms with Gasteiger partial charge in [0.2, 0.25) is 0 Å². The molecule has 0 spiro atoms. The van der Waals surface area contributed by atoms with Gasteiger partial charge < -0.3 is 4.74 Å². The summed E-state index contributed by atoms with van der Waals surface area (Å²) >= 11 is 5.86. The molecule has 3 nitrogen and oxygen atoms in total. The Bertz CT molecular complexity index is 661. The van der Waals surface area contributed by atoms with Crippen LogP contribution in [-0.2, 0) is 0 Å². The lowest BCUT2D eigenvalue weighted by Gasteiger charge is -2.23. The third-order valence-electron chi connectivity index (χ3n) is 3.44. The summed E-state index contributed by atoms with van der Waals surface area (Å²) in [6.07, 6.45) is 0. The molecule has 5 heteroatoms. The summed E-state index contributed by atoms with van der Waals surface area (Å²) < 4.78 is 7.75. The smallest absolute Gasteiger partial charge is 0.124 e. The second kappa shape index (κ2) is 7.09. The summed E-state index contributed by atoms with van der Waals surface area (Å²) in [6, 6.07) is 10.2. The molecule has 2 aromatic rings. The number of ether oxygens (including phenoxy) is 1. The van der Waals surface area contributed by atoms with E-state index in [0.717, 1.165) is 30.5 Å². The van der Waals surface area contributed by atoms with E-state index in [2.05, 4.69) is 76.0 Å². The van der Waals surface area contributed by atoms with E-state index in [-0.39, 0.29) is 6.04 Å². The first-order chi connectivity index (χ1) is 9.97. The number of hydrazine groups is 1. The Morgan fingerprint density at radius 1 is 1.24 bits per heavy atom. The molecule has 0 amide bonds. The van der Waals surface area contributed by atoms with Crippen LogP contribution in [-0.4, -0.2) is 7.11 Å². The third-order valence-corrected chi connectivity index (χ3v) is 4.91. The van der Waals surface area contributed by atoms with Gasteiger partial charge in [-0.3, -0.25) is 5.84 Å². The van der Waals surface area contributed by atoms with Crippen LogP contribution in [0.3, 0.4) is 0 Å². The van der Waals surface area contributed by atoms with E-state index in [4.69, 9.17) is 10.6 Å². The second-order valence-electron chi connectivity index (χ2n) is 4.96. The highest BCUT2D eigenvalue weighted by Gasteiger charge is 2.22. The minimum absolute atomic E-state index is 0.120. The lowest BCUT2D eigenvalue weighted by molar-refractivity contribution is 0.403. The highest BCUT2D eigenvalue weighted by molar-refractivity contribution is 14.1. The number of nitrogens with two attached hydrogens (primary N) is 1. The van der Waals surface area contributed by atoms with Crippen molar-refractivity contribution in [2.75, 3.05) is 7.11 Å². The number of nitrogens with one attached hydrogen (secondary N) is 1. The fourth-order valence-electron chi connectivity index (χ4n) is 2.54. The van der Waals surface area contributed by atoms with Gasteiger partial charge in [0.05, 0.1) is 13.2 Å². The molecule has 2 rings (SSSR count). The van der Waals surface area contributed by atoms with Gasteiger partial charge in [0, 0.05) is 13.6 Å². The molecule has 1 unspecified atom stereocenters. The van der Waals surface area contributed by atoms with Gasteiger partial charge in [-0.2, -0.15) is 0 Å². The van der Waals surface area contributed by atoms with E-state index in [1.165, 1.54) is 5.56 Å². The Kier molecular flexibility index (Phi) is 5.65. The first-order valence-electron chi connectivity index (χ1n) is 6.54. The normalized spacial score (nSPS) is 12.3. The second-order valence-corrected chi connectivity index (χ2v) is 7.04. The molecular formula is C16H18BrIN2O. The maximum Gasteiger partial charge on any atom is 0.124 e. The first kappa shape index (κ1) is 16.7. The minimum Gasteiger partial charge on any atom is -0.496 e. The summed E-state index contributed by atoms with van der Waals surface area (Å²) in [5, 5.41) is 0. The SMILES string of the molecule is COc1cc(C)cc(C)c1C(NN)c1cc(Br)ccc1I. The molecule has 0 heterocycles. The monoisotopic (exact) mass is 460 g/mol. The van der Waals surface area contributed by atoms with Crippen molar-refractivity contribution in [3.05, 3.63) is 60.6 Å². The van der Waals surface area contributed by atoms with Gasteiger partial charge in [-0.15, -0.1) is 0 Å². The Hall–Kier alpha value is -0.630. The number of rotatable bonds is 4. The summed E-state index contributed by atoms with van der Waals surface area (Å²) in [4.78, 5) is 0. The van der Waals surface area contributed by atoms with Crippen LogP contribution in [0.25, 0.3) is 0 Å². The van der Waals surface area contributed by atoms with Gasteiger partial charge in [0.25, 0.3) is 0 Å². The number of hydrogen-bond donors (Lipinski definition) is 2. The van der Waals surface area contributed by atoms with Crippen molar-refractivity contribution in [3.8, 4) is 5.75 Å². The minimum atomic E-state index is -0.120. The standard InChI is InChI=1S/C16H18BrIN2O/c1-9-6-10(2)15(14(7-9)21-3)16(20-19)12-8-11(17)4-5-13(12)18/h4-8,16,20H,19H2,1-3H3. The van der Waals surface area contributed by atoms with Crippen molar-refractivity contribution in [2.45, 2.75) is 19.9 Å². The van der Waals surface area contributed by atoms with Crippen molar-refractivity contribution < 1.29 is 4.74 Å². The quantitative estimate of drug-likeness (QED) is 0.407. The number of hydrogen-bond acceptors (Lipinski definition) is 3. The van der Waals surface area contributed by atoms with Gasteiger partial charge in [-0.1, -0.05) is 22.0 Å². The molecule has 3 N–H and O–H groups in total. The van der Waals surface area contributed by atoms with Crippen LogP contribution in [0.1, 0.15) is 28.3 Å². The zero-order valence-corrected chi connectivity index (χ0v) is 15.9. The molecule has 0 aliphatic rings. The number of methoxy groups -OCH3 is 1. The Balaban J connectivity index is 2.64. The predicted octanol–water partition coefficient (Wildman–Crippen LogP) is 4.23. The molecule has 21 heavy (non-hydrogen) atoms. The summed E-state index contributed by atoms with van der Waals surface area (Å²) in [5.41, 5.74) is 7.46. The highest BCUT2D eigenvalue weighted by atomic mass is 127. The van der Waals surface area contributed by atoms with Crippen molar-refractivity contribution >= 4 is 38.5 Å². The van der Waals surface area contributed by atoms with Crippen LogP contribution in [0.15, 0.2) is 34.8 Å². The molecule has 0 bridgehead atoms. The number of aryl methyl sites for hydroxylation is 2. The molecule has 0 saturated heterocycles. The van der Waals surface area contributed by atoms with E-state index in [9.17, 15) is 0 Å². The van der Waals surface area contributed by atoms with Crippen LogP contribution < -0.4 is 16.0 Å². The average Bonchev–Trinajstić information content (AvgIpc) is 2.44. The Labute approximate surface area is 147 Å². The van der Waals surface area contributed by atoms with Gasteiger partial charge in [-0.05, 0) is 77.4 Å². The van der Waals surface area contributed by atoms with E-state index >= 15 is 0 Å². The summed E-state index contributed by atoms with van der Waals surface area (Å²) in [5.74, 6) is 6.72. The summed E-state index contributed by atoms with van der Waals surface area (Å²) in [7, 11) is 1.69. The van der Waals surface area contributed by atoms with Crippen LogP contribution >= 0.6 is 38.5 Å². The highest BCUT2D eigenvalue weighted by Crippen LogP contribution is 2.36. The fourth-order valence-corrected chi connectivity index (χ4v) is 3.57. The molecule has 0 fully saturated rings. The molecule has 0 radical (unpaired) electrons.